The molecular formula is C17H16N4O. The SMILES string of the molecule is C[C@@H]1CNc2ccc(O)cc2-n2c(-c3ccccc3)nnc21. The van der Waals surface area contributed by atoms with E-state index in [4.69, 9.17) is 0 Å². The van der Waals surface area contributed by atoms with Crippen molar-refractivity contribution < 1.29 is 5.11 Å². The first-order chi connectivity index (χ1) is 10.7. The van der Waals surface area contributed by atoms with Crippen molar-refractivity contribution in [2.75, 3.05) is 11.9 Å². The van der Waals surface area contributed by atoms with E-state index in [-0.39, 0.29) is 11.7 Å². The van der Waals surface area contributed by atoms with Crippen molar-refractivity contribution in [2.45, 2.75) is 12.8 Å². The van der Waals surface area contributed by atoms with Crippen LogP contribution in [0.5, 0.6) is 5.75 Å². The molecule has 0 fully saturated rings. The van der Waals surface area contributed by atoms with Gasteiger partial charge in [0.25, 0.3) is 0 Å². The molecule has 0 unspecified atom stereocenters. The fraction of sp³-hybridized carbons (Fsp3) is 0.176. The van der Waals surface area contributed by atoms with Crippen molar-refractivity contribution in [1.29, 1.82) is 0 Å². The molecule has 1 aliphatic heterocycles. The fourth-order valence-corrected chi connectivity index (χ4v) is 2.84. The minimum Gasteiger partial charge on any atom is -0.508 e. The highest BCUT2D eigenvalue weighted by Crippen LogP contribution is 2.34. The average Bonchev–Trinajstić information content (AvgIpc) is 2.94. The molecule has 5 nitrogen and oxygen atoms in total. The highest BCUT2D eigenvalue weighted by Gasteiger charge is 2.25. The maximum absolute atomic E-state index is 9.89. The Bertz CT molecular complexity index is 826. The first-order valence-corrected chi connectivity index (χ1v) is 7.32. The quantitative estimate of drug-likeness (QED) is 0.676. The van der Waals surface area contributed by atoms with Crippen LogP contribution in [0.3, 0.4) is 0 Å². The van der Waals surface area contributed by atoms with Crippen LogP contribution in [0.4, 0.5) is 5.69 Å². The summed E-state index contributed by atoms with van der Waals surface area (Å²) in [5.41, 5.74) is 2.85. The van der Waals surface area contributed by atoms with E-state index in [0.29, 0.717) is 0 Å². The van der Waals surface area contributed by atoms with Gasteiger partial charge in [0.05, 0.1) is 11.4 Å². The van der Waals surface area contributed by atoms with Gasteiger partial charge in [-0.2, -0.15) is 0 Å². The molecule has 2 aromatic carbocycles. The second-order valence-electron chi connectivity index (χ2n) is 5.57. The molecule has 2 N–H and O–H groups in total. The van der Waals surface area contributed by atoms with Gasteiger partial charge in [-0.25, -0.2) is 0 Å². The Hall–Kier alpha value is -2.82. The molecule has 0 spiro atoms. The van der Waals surface area contributed by atoms with E-state index < -0.39 is 0 Å². The van der Waals surface area contributed by atoms with Gasteiger partial charge in [-0.3, -0.25) is 4.57 Å². The Kier molecular flexibility index (Phi) is 2.85. The molecule has 110 valence electrons. The largest absolute Gasteiger partial charge is 0.508 e. The Labute approximate surface area is 128 Å². The molecule has 3 aromatic rings. The van der Waals surface area contributed by atoms with Crippen molar-refractivity contribution >= 4 is 5.69 Å². The third-order valence-electron chi connectivity index (χ3n) is 3.98. The van der Waals surface area contributed by atoms with Crippen LogP contribution in [-0.4, -0.2) is 26.4 Å². The lowest BCUT2D eigenvalue weighted by Crippen LogP contribution is -2.09. The first-order valence-electron chi connectivity index (χ1n) is 7.32. The predicted molar refractivity (Wildman–Crippen MR) is 85.4 cm³/mol. The van der Waals surface area contributed by atoms with Gasteiger partial charge in [0, 0.05) is 24.1 Å². The van der Waals surface area contributed by atoms with Crippen LogP contribution in [0.15, 0.2) is 48.5 Å². The van der Waals surface area contributed by atoms with Crippen LogP contribution >= 0.6 is 0 Å². The number of phenolic OH excluding ortho intramolecular Hbond substituents is 1. The lowest BCUT2D eigenvalue weighted by Gasteiger charge is -2.12. The molecule has 0 saturated carbocycles. The number of hydrogen-bond donors (Lipinski definition) is 2. The summed E-state index contributed by atoms with van der Waals surface area (Å²) in [5.74, 6) is 2.14. The molecule has 0 aliphatic carbocycles. The zero-order valence-corrected chi connectivity index (χ0v) is 12.2. The number of aromatic nitrogens is 3. The molecule has 22 heavy (non-hydrogen) atoms. The molecule has 0 bridgehead atoms. The van der Waals surface area contributed by atoms with E-state index in [1.807, 2.05) is 41.0 Å². The van der Waals surface area contributed by atoms with E-state index in [2.05, 4.69) is 22.4 Å². The van der Waals surface area contributed by atoms with Crippen LogP contribution in [0.25, 0.3) is 17.1 Å². The lowest BCUT2D eigenvalue weighted by molar-refractivity contribution is 0.475. The number of benzene rings is 2. The van der Waals surface area contributed by atoms with Crippen LogP contribution in [0.1, 0.15) is 18.7 Å². The van der Waals surface area contributed by atoms with Gasteiger partial charge in [-0.15, -0.1) is 10.2 Å². The number of anilines is 1. The van der Waals surface area contributed by atoms with Crippen molar-refractivity contribution in [1.82, 2.24) is 14.8 Å². The maximum Gasteiger partial charge on any atom is 0.168 e. The summed E-state index contributed by atoms with van der Waals surface area (Å²) in [4.78, 5) is 0. The molecule has 1 atom stereocenters. The van der Waals surface area contributed by atoms with E-state index in [1.165, 1.54) is 0 Å². The standard InChI is InChI=1S/C17H16N4O/c1-11-10-18-14-8-7-13(22)9-15(14)21-16(11)19-20-17(21)12-5-3-2-4-6-12/h2-9,11,18,22H,10H2,1H3/t11-/m1/s1. The third kappa shape index (κ3) is 1.94. The monoisotopic (exact) mass is 292 g/mol. The van der Waals surface area contributed by atoms with E-state index in [0.717, 1.165) is 35.1 Å². The first kappa shape index (κ1) is 12.9. The van der Waals surface area contributed by atoms with Gasteiger partial charge >= 0.3 is 0 Å². The Morgan fingerprint density at radius 3 is 2.77 bits per heavy atom. The average molecular weight is 292 g/mol. The van der Waals surface area contributed by atoms with Crippen LogP contribution in [-0.2, 0) is 0 Å². The molecule has 1 aliphatic rings. The minimum atomic E-state index is 0.222. The fourth-order valence-electron chi connectivity index (χ4n) is 2.84. The topological polar surface area (TPSA) is 63.0 Å². The second kappa shape index (κ2) is 4.87. The summed E-state index contributed by atoms with van der Waals surface area (Å²) >= 11 is 0. The number of hydrogen-bond acceptors (Lipinski definition) is 4. The van der Waals surface area contributed by atoms with Gasteiger partial charge in [0.1, 0.15) is 11.6 Å². The smallest absolute Gasteiger partial charge is 0.168 e. The van der Waals surface area contributed by atoms with Crippen LogP contribution in [0, 0.1) is 0 Å². The van der Waals surface area contributed by atoms with Gasteiger partial charge in [-0.05, 0) is 12.1 Å². The molecule has 2 heterocycles. The number of nitrogens with zero attached hydrogens (tertiary/aromatic N) is 3. The Morgan fingerprint density at radius 1 is 1.14 bits per heavy atom. The molecule has 5 heteroatoms. The molecule has 4 rings (SSSR count). The Balaban J connectivity index is 2.01. The highest BCUT2D eigenvalue weighted by molar-refractivity contribution is 5.69. The van der Waals surface area contributed by atoms with E-state index >= 15 is 0 Å². The number of aromatic hydroxyl groups is 1. The highest BCUT2D eigenvalue weighted by atomic mass is 16.3. The normalized spacial score (nSPS) is 16.3. The van der Waals surface area contributed by atoms with Crippen LogP contribution in [0.2, 0.25) is 0 Å². The number of nitrogens with one attached hydrogen (secondary N) is 1. The van der Waals surface area contributed by atoms with Gasteiger partial charge in [0.2, 0.25) is 0 Å². The molecule has 1 aromatic heterocycles. The summed E-state index contributed by atoms with van der Waals surface area (Å²) in [6.45, 7) is 2.90. The lowest BCUT2D eigenvalue weighted by atomic mass is 10.1. The second-order valence-corrected chi connectivity index (χ2v) is 5.57. The number of fused-ring (bicyclic) bond motifs is 3. The van der Waals surface area contributed by atoms with Gasteiger partial charge in [0.15, 0.2) is 5.82 Å². The van der Waals surface area contributed by atoms with Gasteiger partial charge < -0.3 is 10.4 Å². The summed E-state index contributed by atoms with van der Waals surface area (Å²) < 4.78 is 2.04. The van der Waals surface area contributed by atoms with Crippen molar-refractivity contribution in [3.63, 3.8) is 0 Å². The maximum atomic E-state index is 9.89. The Morgan fingerprint density at radius 2 is 1.95 bits per heavy atom. The van der Waals surface area contributed by atoms with E-state index in [1.54, 1.807) is 12.1 Å². The zero-order chi connectivity index (χ0) is 15.1. The third-order valence-corrected chi connectivity index (χ3v) is 3.98. The molecular weight excluding hydrogens is 276 g/mol. The van der Waals surface area contributed by atoms with Crippen molar-refractivity contribution in [2.24, 2.45) is 0 Å². The zero-order valence-electron chi connectivity index (χ0n) is 12.2. The summed E-state index contributed by atoms with van der Waals surface area (Å²) in [5, 5.41) is 22.1. The van der Waals surface area contributed by atoms with Crippen molar-refractivity contribution in [3.05, 3.63) is 54.4 Å². The molecule has 0 saturated heterocycles. The number of phenols is 1. The minimum absolute atomic E-state index is 0.222. The summed E-state index contributed by atoms with van der Waals surface area (Å²) in [7, 11) is 0. The molecule has 0 radical (unpaired) electrons. The predicted octanol–water partition coefficient (Wildman–Crippen LogP) is 3.17. The van der Waals surface area contributed by atoms with Crippen LogP contribution < -0.4 is 5.32 Å². The summed E-state index contributed by atoms with van der Waals surface area (Å²) in [6, 6.07) is 15.3. The number of rotatable bonds is 1. The van der Waals surface area contributed by atoms with Gasteiger partial charge in [-0.1, -0.05) is 37.3 Å². The van der Waals surface area contributed by atoms with E-state index in [9.17, 15) is 5.11 Å². The molecule has 0 amide bonds. The summed E-state index contributed by atoms with van der Waals surface area (Å²) in [6.07, 6.45) is 0. The van der Waals surface area contributed by atoms with Crippen molar-refractivity contribution in [3.8, 4) is 22.8 Å².